The predicted molar refractivity (Wildman–Crippen MR) is 59.0 cm³/mol. The number of carbonyl (C=O) groups is 1. The Morgan fingerprint density at radius 3 is 3.00 bits per heavy atom. The van der Waals surface area contributed by atoms with Crippen molar-refractivity contribution in [1.82, 2.24) is 10.3 Å². The maximum atomic E-state index is 11.7. The Morgan fingerprint density at radius 2 is 2.31 bits per heavy atom. The van der Waals surface area contributed by atoms with Crippen LogP contribution in [0.1, 0.15) is 42.1 Å². The number of nitrogens with one attached hydrogen (secondary N) is 1. The van der Waals surface area contributed by atoms with Gasteiger partial charge in [-0.2, -0.15) is 0 Å². The number of rotatable bonds is 4. The summed E-state index contributed by atoms with van der Waals surface area (Å²) in [5.41, 5.74) is 5.38. The number of hydrogen-bond donors (Lipinski definition) is 2. The molecule has 5 heteroatoms. The van der Waals surface area contributed by atoms with Crippen LogP contribution in [0.5, 0.6) is 0 Å². The highest BCUT2D eigenvalue weighted by Gasteiger charge is 2.20. The van der Waals surface area contributed by atoms with Gasteiger partial charge in [0.25, 0.3) is 5.91 Å². The highest BCUT2D eigenvalue weighted by Crippen LogP contribution is 2.18. The van der Waals surface area contributed by atoms with Gasteiger partial charge in [-0.3, -0.25) is 4.79 Å². The molecule has 1 heterocycles. The highest BCUT2D eigenvalue weighted by atomic mass is 16.4. The van der Waals surface area contributed by atoms with E-state index in [0.717, 1.165) is 12.8 Å². The lowest BCUT2D eigenvalue weighted by Gasteiger charge is -2.09. The smallest absolute Gasteiger partial charge is 0.288 e. The largest absolute Gasteiger partial charge is 0.436 e. The van der Waals surface area contributed by atoms with E-state index in [1.165, 1.54) is 19.0 Å². The van der Waals surface area contributed by atoms with Gasteiger partial charge in [-0.05, 0) is 12.8 Å². The maximum absolute atomic E-state index is 11.7. The molecule has 0 radical (unpaired) electrons. The summed E-state index contributed by atoms with van der Waals surface area (Å²) >= 11 is 0. The Morgan fingerprint density at radius 1 is 1.56 bits per heavy atom. The minimum Gasteiger partial charge on any atom is -0.436 e. The van der Waals surface area contributed by atoms with Gasteiger partial charge in [-0.1, -0.05) is 12.8 Å². The first-order valence-corrected chi connectivity index (χ1v) is 5.75. The number of hydrogen-bond acceptors (Lipinski definition) is 4. The first-order valence-electron chi connectivity index (χ1n) is 5.75. The summed E-state index contributed by atoms with van der Waals surface area (Å²) < 4.78 is 5.29. The van der Waals surface area contributed by atoms with Crippen LogP contribution in [0.25, 0.3) is 0 Å². The van der Waals surface area contributed by atoms with Gasteiger partial charge in [0.05, 0.1) is 6.20 Å². The average molecular weight is 223 g/mol. The van der Waals surface area contributed by atoms with Crippen molar-refractivity contribution in [2.24, 2.45) is 5.73 Å². The van der Waals surface area contributed by atoms with E-state index in [4.69, 9.17) is 10.2 Å². The minimum absolute atomic E-state index is 0.164. The van der Waals surface area contributed by atoms with Crippen LogP contribution in [0.4, 0.5) is 0 Å². The molecule has 1 aliphatic carbocycles. The van der Waals surface area contributed by atoms with Gasteiger partial charge in [0.2, 0.25) is 5.76 Å². The van der Waals surface area contributed by atoms with Crippen molar-refractivity contribution in [3.05, 3.63) is 17.8 Å². The zero-order valence-corrected chi connectivity index (χ0v) is 9.24. The standard InChI is InChI=1S/C11H17N3O2/c12-6-5-10-13-7-9(16-10)11(15)14-8-3-1-2-4-8/h7-8H,1-6,12H2,(H,14,15). The molecular weight excluding hydrogens is 206 g/mol. The third-order valence-electron chi connectivity index (χ3n) is 2.83. The van der Waals surface area contributed by atoms with Crippen LogP contribution in [0, 0.1) is 0 Å². The van der Waals surface area contributed by atoms with Gasteiger partial charge < -0.3 is 15.5 Å². The van der Waals surface area contributed by atoms with Crippen LogP contribution in [0.3, 0.4) is 0 Å². The SMILES string of the molecule is NCCc1ncc(C(=O)NC2CCCC2)o1. The molecule has 0 aliphatic heterocycles. The summed E-state index contributed by atoms with van der Waals surface area (Å²) in [6.07, 6.45) is 6.55. The van der Waals surface area contributed by atoms with E-state index in [1.807, 2.05) is 0 Å². The average Bonchev–Trinajstić information content (AvgIpc) is 2.89. The second-order valence-corrected chi connectivity index (χ2v) is 4.11. The number of amides is 1. The molecule has 1 fully saturated rings. The molecule has 1 aromatic rings. The molecule has 5 nitrogen and oxygen atoms in total. The fraction of sp³-hybridized carbons (Fsp3) is 0.636. The van der Waals surface area contributed by atoms with Gasteiger partial charge in [-0.15, -0.1) is 0 Å². The highest BCUT2D eigenvalue weighted by molar-refractivity contribution is 5.91. The van der Waals surface area contributed by atoms with Crippen LogP contribution in [-0.2, 0) is 6.42 Å². The zero-order chi connectivity index (χ0) is 11.4. The summed E-state index contributed by atoms with van der Waals surface area (Å²) in [6.45, 7) is 0.476. The molecule has 0 unspecified atom stereocenters. The molecule has 0 bridgehead atoms. The summed E-state index contributed by atoms with van der Waals surface area (Å²) in [4.78, 5) is 15.7. The molecule has 1 aliphatic rings. The van der Waals surface area contributed by atoms with Crippen molar-refractivity contribution in [1.29, 1.82) is 0 Å². The Balaban J connectivity index is 1.91. The lowest BCUT2D eigenvalue weighted by Crippen LogP contribution is -2.32. The zero-order valence-electron chi connectivity index (χ0n) is 9.24. The first-order chi connectivity index (χ1) is 7.79. The first kappa shape index (κ1) is 11.1. The van der Waals surface area contributed by atoms with Crippen molar-refractivity contribution in [3.8, 4) is 0 Å². The van der Waals surface area contributed by atoms with Crippen molar-refractivity contribution < 1.29 is 9.21 Å². The van der Waals surface area contributed by atoms with E-state index < -0.39 is 0 Å². The molecule has 1 aromatic heterocycles. The van der Waals surface area contributed by atoms with Crippen molar-refractivity contribution in [2.75, 3.05) is 6.54 Å². The summed E-state index contributed by atoms with van der Waals surface area (Å²) in [6, 6.07) is 0.301. The predicted octanol–water partition coefficient (Wildman–Crippen LogP) is 0.848. The molecule has 0 atom stereocenters. The van der Waals surface area contributed by atoms with E-state index in [9.17, 15) is 4.79 Å². The van der Waals surface area contributed by atoms with Crippen molar-refractivity contribution >= 4 is 5.91 Å². The van der Waals surface area contributed by atoms with Gasteiger partial charge in [0.15, 0.2) is 5.89 Å². The molecule has 1 amide bonds. The van der Waals surface area contributed by atoms with Gasteiger partial charge >= 0.3 is 0 Å². The Bertz CT molecular complexity index is 356. The second kappa shape index (κ2) is 5.12. The van der Waals surface area contributed by atoms with Crippen LogP contribution in [0.2, 0.25) is 0 Å². The Labute approximate surface area is 94.4 Å². The number of aromatic nitrogens is 1. The lowest BCUT2D eigenvalue weighted by atomic mass is 10.2. The van der Waals surface area contributed by atoms with Crippen LogP contribution in [-0.4, -0.2) is 23.5 Å². The summed E-state index contributed by atoms with van der Waals surface area (Å²) in [7, 11) is 0. The molecule has 3 N–H and O–H groups in total. The number of carbonyl (C=O) groups excluding carboxylic acids is 1. The van der Waals surface area contributed by atoms with E-state index >= 15 is 0 Å². The molecular formula is C11H17N3O2. The fourth-order valence-electron chi connectivity index (χ4n) is 1.98. The van der Waals surface area contributed by atoms with Crippen LogP contribution >= 0.6 is 0 Å². The number of nitrogens with two attached hydrogens (primary N) is 1. The normalized spacial score (nSPS) is 16.6. The molecule has 0 spiro atoms. The second-order valence-electron chi connectivity index (χ2n) is 4.11. The third-order valence-corrected chi connectivity index (χ3v) is 2.83. The fourth-order valence-corrected chi connectivity index (χ4v) is 1.98. The molecule has 16 heavy (non-hydrogen) atoms. The molecule has 0 saturated heterocycles. The number of oxazole rings is 1. The number of nitrogens with zero attached hydrogens (tertiary/aromatic N) is 1. The van der Waals surface area contributed by atoms with Crippen molar-refractivity contribution in [2.45, 2.75) is 38.1 Å². The topological polar surface area (TPSA) is 81.1 Å². The van der Waals surface area contributed by atoms with Crippen LogP contribution in [0.15, 0.2) is 10.6 Å². The monoisotopic (exact) mass is 223 g/mol. The van der Waals surface area contributed by atoms with Gasteiger partial charge in [0, 0.05) is 19.0 Å². The lowest BCUT2D eigenvalue weighted by molar-refractivity contribution is 0.0908. The van der Waals surface area contributed by atoms with E-state index in [1.54, 1.807) is 0 Å². The third kappa shape index (κ3) is 2.61. The molecule has 0 aromatic carbocycles. The van der Waals surface area contributed by atoms with E-state index in [2.05, 4.69) is 10.3 Å². The van der Waals surface area contributed by atoms with Gasteiger partial charge in [0.1, 0.15) is 0 Å². The Kier molecular flexibility index (Phi) is 3.56. The summed E-state index contributed by atoms with van der Waals surface area (Å²) in [5, 5.41) is 2.95. The van der Waals surface area contributed by atoms with E-state index in [0.29, 0.717) is 24.9 Å². The van der Waals surface area contributed by atoms with Gasteiger partial charge in [-0.25, -0.2) is 4.98 Å². The van der Waals surface area contributed by atoms with Crippen molar-refractivity contribution in [3.63, 3.8) is 0 Å². The quantitative estimate of drug-likeness (QED) is 0.792. The molecule has 1 saturated carbocycles. The maximum Gasteiger partial charge on any atom is 0.288 e. The molecule has 2 rings (SSSR count). The van der Waals surface area contributed by atoms with Crippen LogP contribution < -0.4 is 11.1 Å². The minimum atomic E-state index is -0.164. The summed E-state index contributed by atoms with van der Waals surface area (Å²) in [5.74, 6) is 0.650. The Hall–Kier alpha value is -1.36. The van der Waals surface area contributed by atoms with E-state index in [-0.39, 0.29) is 11.7 Å². The molecule has 88 valence electrons.